The molecule has 33 heavy (non-hydrogen) atoms. The van der Waals surface area contributed by atoms with E-state index < -0.39 is 6.61 Å². The van der Waals surface area contributed by atoms with Gasteiger partial charge in [-0.05, 0) is 19.4 Å². The lowest BCUT2D eigenvalue weighted by Gasteiger charge is -2.42. The molecule has 1 atom stereocenters. The van der Waals surface area contributed by atoms with Crippen LogP contribution in [-0.2, 0) is 7.05 Å². The van der Waals surface area contributed by atoms with Gasteiger partial charge >= 0.3 is 12.6 Å². The Labute approximate surface area is 188 Å². The standard InChI is InChI=1S/C20H25F2N9O2/c1-4-12-10-30(20(32)26-14-5-6-15(25-11(14)2)33-18(21)22)7-8-31(12)17-13-9-24-29(3)16(13)27-19(23)28-17/h5-6,9,12,18H,4,7-8,10H2,1-3H3,(H,26,32)(H2,23,27,28)/t12-/m0/s1. The van der Waals surface area contributed by atoms with E-state index >= 15 is 0 Å². The van der Waals surface area contributed by atoms with Crippen LogP contribution in [-0.4, -0.2) is 68.0 Å². The summed E-state index contributed by atoms with van der Waals surface area (Å²) in [6, 6.07) is 2.49. The van der Waals surface area contributed by atoms with Crippen LogP contribution in [0, 0.1) is 6.92 Å². The average molecular weight is 461 g/mol. The molecule has 0 aliphatic carbocycles. The Hall–Kier alpha value is -3.77. The fourth-order valence-corrected chi connectivity index (χ4v) is 3.93. The zero-order valence-electron chi connectivity index (χ0n) is 18.5. The number of carbonyl (C=O) groups excluding carboxylic acids is 1. The number of piperazine rings is 1. The topological polar surface area (TPSA) is 127 Å². The van der Waals surface area contributed by atoms with E-state index in [2.05, 4.69) is 35.0 Å². The maximum atomic E-state index is 12.9. The van der Waals surface area contributed by atoms with Crippen molar-refractivity contribution >= 4 is 34.5 Å². The summed E-state index contributed by atoms with van der Waals surface area (Å²) in [5.41, 5.74) is 7.39. The Morgan fingerprint density at radius 3 is 2.79 bits per heavy atom. The summed E-state index contributed by atoms with van der Waals surface area (Å²) in [6.45, 7) is 2.15. The monoisotopic (exact) mass is 461 g/mol. The number of rotatable bonds is 5. The highest BCUT2D eigenvalue weighted by molar-refractivity contribution is 5.91. The normalized spacial score (nSPS) is 16.5. The average Bonchev–Trinajstić information content (AvgIpc) is 3.14. The molecule has 0 radical (unpaired) electrons. The van der Waals surface area contributed by atoms with Crippen LogP contribution in [0.4, 0.5) is 31.0 Å². The van der Waals surface area contributed by atoms with Crippen LogP contribution in [0.3, 0.4) is 0 Å². The lowest BCUT2D eigenvalue weighted by molar-refractivity contribution is -0.0529. The number of urea groups is 1. The second-order valence-electron chi connectivity index (χ2n) is 7.70. The van der Waals surface area contributed by atoms with E-state index in [4.69, 9.17) is 5.73 Å². The van der Waals surface area contributed by atoms with Crippen molar-refractivity contribution in [3.05, 3.63) is 24.0 Å². The van der Waals surface area contributed by atoms with Crippen molar-refractivity contribution in [1.82, 2.24) is 29.6 Å². The van der Waals surface area contributed by atoms with Crippen molar-refractivity contribution in [2.24, 2.45) is 7.05 Å². The summed E-state index contributed by atoms with van der Waals surface area (Å²) < 4.78 is 30.7. The number of nitrogens with two attached hydrogens (primary N) is 1. The van der Waals surface area contributed by atoms with Crippen LogP contribution in [0.1, 0.15) is 19.0 Å². The number of ether oxygens (including phenoxy) is 1. The van der Waals surface area contributed by atoms with Gasteiger partial charge in [0.05, 0.1) is 23.0 Å². The maximum absolute atomic E-state index is 12.9. The minimum absolute atomic E-state index is 0.00301. The number of nitrogens with zero attached hydrogens (tertiary/aromatic N) is 7. The SMILES string of the molecule is CC[C@H]1CN(C(=O)Nc2ccc(OC(F)F)nc2C)CCN1c1nc(N)nc2c1cnn2C. The lowest BCUT2D eigenvalue weighted by Crippen LogP contribution is -2.56. The van der Waals surface area contributed by atoms with Crippen molar-refractivity contribution in [2.45, 2.75) is 32.9 Å². The van der Waals surface area contributed by atoms with Gasteiger partial charge in [-0.25, -0.2) is 9.78 Å². The molecule has 13 heteroatoms. The molecule has 4 heterocycles. The van der Waals surface area contributed by atoms with Gasteiger partial charge in [0.25, 0.3) is 0 Å². The largest absolute Gasteiger partial charge is 0.417 e. The quantitative estimate of drug-likeness (QED) is 0.593. The van der Waals surface area contributed by atoms with Crippen LogP contribution < -0.4 is 20.7 Å². The van der Waals surface area contributed by atoms with Crippen LogP contribution in [0.15, 0.2) is 18.3 Å². The molecule has 2 amide bonds. The molecular weight excluding hydrogens is 436 g/mol. The minimum atomic E-state index is -2.96. The van der Waals surface area contributed by atoms with E-state index in [1.54, 1.807) is 29.7 Å². The minimum Gasteiger partial charge on any atom is -0.417 e. The summed E-state index contributed by atoms with van der Waals surface area (Å²) in [5.74, 6) is 0.663. The number of hydrogen-bond acceptors (Lipinski definition) is 8. The number of amides is 2. The Bertz CT molecular complexity index is 1170. The molecule has 3 N–H and O–H groups in total. The van der Waals surface area contributed by atoms with Gasteiger partial charge in [0.1, 0.15) is 5.82 Å². The first-order chi connectivity index (χ1) is 15.8. The predicted molar refractivity (Wildman–Crippen MR) is 118 cm³/mol. The van der Waals surface area contributed by atoms with E-state index in [9.17, 15) is 13.6 Å². The van der Waals surface area contributed by atoms with Gasteiger partial charge in [-0.2, -0.15) is 23.8 Å². The van der Waals surface area contributed by atoms with Crippen LogP contribution >= 0.6 is 0 Å². The number of aryl methyl sites for hydroxylation is 2. The number of pyridine rings is 1. The van der Waals surface area contributed by atoms with E-state index in [0.717, 1.165) is 11.8 Å². The van der Waals surface area contributed by atoms with Gasteiger partial charge in [-0.3, -0.25) is 4.68 Å². The van der Waals surface area contributed by atoms with E-state index in [1.165, 1.54) is 12.1 Å². The second kappa shape index (κ2) is 9.00. The van der Waals surface area contributed by atoms with Crippen LogP contribution in [0.25, 0.3) is 11.0 Å². The van der Waals surface area contributed by atoms with Crippen LogP contribution in [0.5, 0.6) is 5.88 Å². The Balaban J connectivity index is 1.49. The third-order valence-electron chi connectivity index (χ3n) is 5.61. The number of fused-ring (bicyclic) bond motifs is 1. The van der Waals surface area contributed by atoms with Gasteiger partial charge in [-0.1, -0.05) is 6.92 Å². The van der Waals surface area contributed by atoms with Gasteiger partial charge in [0, 0.05) is 38.8 Å². The van der Waals surface area contributed by atoms with Gasteiger partial charge in [0.15, 0.2) is 5.65 Å². The maximum Gasteiger partial charge on any atom is 0.388 e. The molecule has 0 bridgehead atoms. The zero-order valence-corrected chi connectivity index (χ0v) is 18.5. The van der Waals surface area contributed by atoms with E-state index in [-0.39, 0.29) is 23.9 Å². The number of nitrogens with one attached hydrogen (secondary N) is 1. The first kappa shape index (κ1) is 22.4. The van der Waals surface area contributed by atoms with Gasteiger partial charge < -0.3 is 25.6 Å². The summed E-state index contributed by atoms with van der Waals surface area (Å²) in [5, 5.41) is 7.87. The molecular formula is C20H25F2N9O2. The summed E-state index contributed by atoms with van der Waals surface area (Å²) in [7, 11) is 1.79. The third kappa shape index (κ3) is 4.56. The number of alkyl halides is 2. The Morgan fingerprint density at radius 1 is 1.30 bits per heavy atom. The van der Waals surface area contributed by atoms with Crippen LogP contribution in [0.2, 0.25) is 0 Å². The molecule has 0 aromatic carbocycles. The molecule has 4 rings (SSSR count). The zero-order chi connectivity index (χ0) is 23.7. The molecule has 0 saturated carbocycles. The summed E-state index contributed by atoms with van der Waals surface area (Å²) in [4.78, 5) is 29.4. The fraction of sp³-hybridized carbons (Fsp3) is 0.450. The molecule has 176 valence electrons. The molecule has 3 aromatic rings. The molecule has 0 spiro atoms. The lowest BCUT2D eigenvalue weighted by atomic mass is 10.1. The van der Waals surface area contributed by atoms with Gasteiger partial charge in [-0.15, -0.1) is 0 Å². The molecule has 1 saturated heterocycles. The van der Waals surface area contributed by atoms with Crippen molar-refractivity contribution < 1.29 is 18.3 Å². The molecule has 3 aromatic heterocycles. The first-order valence-electron chi connectivity index (χ1n) is 10.5. The molecule has 1 fully saturated rings. The highest BCUT2D eigenvalue weighted by atomic mass is 19.3. The van der Waals surface area contributed by atoms with Crippen molar-refractivity contribution in [1.29, 1.82) is 0 Å². The Kier molecular flexibility index (Phi) is 6.11. The second-order valence-corrected chi connectivity index (χ2v) is 7.70. The number of nitrogen functional groups attached to an aromatic ring is 1. The predicted octanol–water partition coefficient (Wildman–Crippen LogP) is 2.38. The van der Waals surface area contributed by atoms with Crippen molar-refractivity contribution in [3.8, 4) is 5.88 Å². The number of aromatic nitrogens is 5. The highest BCUT2D eigenvalue weighted by Crippen LogP contribution is 2.29. The smallest absolute Gasteiger partial charge is 0.388 e. The third-order valence-corrected chi connectivity index (χ3v) is 5.61. The Morgan fingerprint density at radius 2 is 2.09 bits per heavy atom. The number of halogens is 2. The molecule has 11 nitrogen and oxygen atoms in total. The summed E-state index contributed by atoms with van der Waals surface area (Å²) >= 11 is 0. The molecule has 1 aliphatic heterocycles. The highest BCUT2D eigenvalue weighted by Gasteiger charge is 2.31. The van der Waals surface area contributed by atoms with E-state index in [0.29, 0.717) is 42.5 Å². The number of anilines is 3. The summed E-state index contributed by atoms with van der Waals surface area (Å²) in [6.07, 6.45) is 2.49. The van der Waals surface area contributed by atoms with Crippen molar-refractivity contribution in [2.75, 3.05) is 35.6 Å². The van der Waals surface area contributed by atoms with Crippen molar-refractivity contribution in [3.63, 3.8) is 0 Å². The fourth-order valence-electron chi connectivity index (χ4n) is 3.93. The number of hydrogen-bond donors (Lipinski definition) is 2. The molecule has 0 unspecified atom stereocenters. The first-order valence-corrected chi connectivity index (χ1v) is 10.5. The molecule has 1 aliphatic rings. The number of carbonyl (C=O) groups is 1. The van der Waals surface area contributed by atoms with Gasteiger partial charge in [0.2, 0.25) is 11.8 Å². The van der Waals surface area contributed by atoms with E-state index in [1.807, 2.05) is 6.92 Å².